The van der Waals surface area contributed by atoms with Gasteiger partial charge in [0.05, 0.1) is 24.2 Å². The van der Waals surface area contributed by atoms with E-state index >= 15 is 0 Å². The van der Waals surface area contributed by atoms with Crippen molar-refractivity contribution >= 4 is 5.69 Å². The van der Waals surface area contributed by atoms with E-state index < -0.39 is 0 Å². The first-order valence-corrected chi connectivity index (χ1v) is 6.62. The normalized spacial score (nSPS) is 10.4. The van der Waals surface area contributed by atoms with Gasteiger partial charge in [0.15, 0.2) is 0 Å². The molecule has 1 heterocycles. The van der Waals surface area contributed by atoms with E-state index in [1.54, 1.807) is 7.11 Å². The molecule has 0 unspecified atom stereocenters. The summed E-state index contributed by atoms with van der Waals surface area (Å²) in [5.74, 6) is 1.67. The highest BCUT2D eigenvalue weighted by molar-refractivity contribution is 5.51. The number of aromatic nitrogens is 2. The average molecular weight is 275 g/mol. The van der Waals surface area contributed by atoms with Crippen LogP contribution in [0, 0.1) is 13.8 Å². The second kappa shape index (κ2) is 6.32. The van der Waals surface area contributed by atoms with Gasteiger partial charge in [-0.25, -0.2) is 0 Å². The second-order valence-corrected chi connectivity index (χ2v) is 4.62. The van der Waals surface area contributed by atoms with Gasteiger partial charge in [-0.2, -0.15) is 5.10 Å². The number of benzene rings is 1. The first-order chi connectivity index (χ1) is 9.61. The fourth-order valence-electron chi connectivity index (χ4n) is 2.05. The van der Waals surface area contributed by atoms with E-state index in [0.29, 0.717) is 6.61 Å². The van der Waals surface area contributed by atoms with Gasteiger partial charge in [0.25, 0.3) is 0 Å². The number of hydrogen-bond donors (Lipinski definition) is 1. The minimum absolute atomic E-state index is 0.597. The van der Waals surface area contributed by atoms with E-state index in [2.05, 4.69) is 10.4 Å². The quantitative estimate of drug-likeness (QED) is 0.823. The number of aryl methyl sites for hydroxylation is 2. The molecule has 0 amide bonds. The second-order valence-electron chi connectivity index (χ2n) is 4.62. The zero-order chi connectivity index (χ0) is 14.5. The van der Waals surface area contributed by atoms with Crippen molar-refractivity contribution in [1.29, 1.82) is 0 Å². The molecule has 0 aliphatic heterocycles. The lowest BCUT2D eigenvalue weighted by molar-refractivity contribution is 0.331. The molecule has 2 rings (SSSR count). The van der Waals surface area contributed by atoms with Gasteiger partial charge in [0.2, 0.25) is 0 Å². The van der Waals surface area contributed by atoms with Crippen LogP contribution in [-0.2, 0) is 7.05 Å². The molecule has 0 aliphatic rings. The maximum absolute atomic E-state index is 5.67. The summed E-state index contributed by atoms with van der Waals surface area (Å²) < 4.78 is 12.6. The molecule has 0 atom stereocenters. The Bertz CT molecular complexity index is 561. The number of methoxy groups -OCH3 is 1. The standard InChI is InChI=1S/C15H21N3O2/c1-11-15(12(2)18(3)17-11)16-9-10-20-14-7-5-13(19-4)6-8-14/h5-8,16H,9-10H2,1-4H3. The smallest absolute Gasteiger partial charge is 0.119 e. The highest BCUT2D eigenvalue weighted by Gasteiger charge is 2.07. The molecule has 20 heavy (non-hydrogen) atoms. The molecule has 0 saturated heterocycles. The third-order valence-corrected chi connectivity index (χ3v) is 3.24. The van der Waals surface area contributed by atoms with Crippen molar-refractivity contribution in [2.24, 2.45) is 7.05 Å². The molecular weight excluding hydrogens is 254 g/mol. The molecule has 1 aromatic carbocycles. The zero-order valence-corrected chi connectivity index (χ0v) is 12.4. The Balaban J connectivity index is 1.81. The minimum Gasteiger partial charge on any atom is -0.497 e. The van der Waals surface area contributed by atoms with Crippen molar-refractivity contribution in [3.05, 3.63) is 35.7 Å². The molecule has 0 fully saturated rings. The molecule has 5 nitrogen and oxygen atoms in total. The van der Waals surface area contributed by atoms with E-state index in [9.17, 15) is 0 Å². The van der Waals surface area contributed by atoms with Crippen LogP contribution in [0.3, 0.4) is 0 Å². The number of nitrogens with one attached hydrogen (secondary N) is 1. The number of ether oxygens (including phenoxy) is 2. The van der Waals surface area contributed by atoms with Crippen molar-refractivity contribution in [1.82, 2.24) is 9.78 Å². The maximum atomic E-state index is 5.67. The van der Waals surface area contributed by atoms with Gasteiger partial charge in [0, 0.05) is 13.6 Å². The number of anilines is 1. The van der Waals surface area contributed by atoms with Crippen molar-refractivity contribution in [2.75, 3.05) is 25.6 Å². The summed E-state index contributed by atoms with van der Waals surface area (Å²) in [6.45, 7) is 5.38. The van der Waals surface area contributed by atoms with Gasteiger partial charge in [-0.15, -0.1) is 0 Å². The maximum Gasteiger partial charge on any atom is 0.119 e. The molecule has 0 radical (unpaired) electrons. The lowest BCUT2D eigenvalue weighted by Crippen LogP contribution is -2.12. The van der Waals surface area contributed by atoms with Crippen molar-refractivity contribution in [3.63, 3.8) is 0 Å². The van der Waals surface area contributed by atoms with E-state index in [0.717, 1.165) is 35.1 Å². The minimum atomic E-state index is 0.597. The molecule has 0 bridgehead atoms. The van der Waals surface area contributed by atoms with Crippen LogP contribution >= 0.6 is 0 Å². The predicted octanol–water partition coefficient (Wildman–Crippen LogP) is 2.54. The molecule has 1 N–H and O–H groups in total. The van der Waals surface area contributed by atoms with E-state index in [1.807, 2.05) is 49.8 Å². The van der Waals surface area contributed by atoms with Crippen LogP contribution in [0.1, 0.15) is 11.4 Å². The molecule has 2 aromatic rings. The highest BCUT2D eigenvalue weighted by atomic mass is 16.5. The van der Waals surface area contributed by atoms with Crippen LogP contribution in [0.2, 0.25) is 0 Å². The SMILES string of the molecule is COc1ccc(OCCNc2c(C)nn(C)c2C)cc1. The van der Waals surface area contributed by atoms with Crippen molar-refractivity contribution in [3.8, 4) is 11.5 Å². The molecular formula is C15H21N3O2. The summed E-state index contributed by atoms with van der Waals surface area (Å²) in [6.07, 6.45) is 0. The predicted molar refractivity (Wildman–Crippen MR) is 79.7 cm³/mol. The van der Waals surface area contributed by atoms with Crippen LogP contribution in [0.4, 0.5) is 5.69 Å². The summed E-state index contributed by atoms with van der Waals surface area (Å²) >= 11 is 0. The Kier molecular flexibility index (Phi) is 4.50. The third-order valence-electron chi connectivity index (χ3n) is 3.24. The van der Waals surface area contributed by atoms with Crippen molar-refractivity contribution in [2.45, 2.75) is 13.8 Å². The first-order valence-electron chi connectivity index (χ1n) is 6.62. The molecule has 1 aromatic heterocycles. The van der Waals surface area contributed by atoms with E-state index in [4.69, 9.17) is 9.47 Å². The molecule has 108 valence electrons. The lowest BCUT2D eigenvalue weighted by Gasteiger charge is -2.09. The largest absolute Gasteiger partial charge is 0.497 e. The Morgan fingerprint density at radius 2 is 1.80 bits per heavy atom. The van der Waals surface area contributed by atoms with Crippen LogP contribution in [0.25, 0.3) is 0 Å². The fourth-order valence-corrected chi connectivity index (χ4v) is 2.05. The van der Waals surface area contributed by atoms with E-state index in [1.165, 1.54) is 0 Å². The third kappa shape index (κ3) is 3.23. The number of rotatable bonds is 6. The topological polar surface area (TPSA) is 48.3 Å². The highest BCUT2D eigenvalue weighted by Crippen LogP contribution is 2.19. The Hall–Kier alpha value is -2.17. The van der Waals surface area contributed by atoms with Gasteiger partial charge in [0.1, 0.15) is 18.1 Å². The monoisotopic (exact) mass is 275 g/mol. The Morgan fingerprint density at radius 1 is 1.15 bits per heavy atom. The van der Waals surface area contributed by atoms with Crippen LogP contribution in [0.15, 0.2) is 24.3 Å². The van der Waals surface area contributed by atoms with Gasteiger partial charge in [-0.05, 0) is 38.1 Å². The van der Waals surface area contributed by atoms with Gasteiger partial charge in [-0.1, -0.05) is 0 Å². The van der Waals surface area contributed by atoms with E-state index in [-0.39, 0.29) is 0 Å². The van der Waals surface area contributed by atoms with Crippen LogP contribution in [0.5, 0.6) is 11.5 Å². The van der Waals surface area contributed by atoms with Crippen LogP contribution in [-0.4, -0.2) is 30.0 Å². The zero-order valence-electron chi connectivity index (χ0n) is 12.4. The first kappa shape index (κ1) is 14.2. The number of nitrogens with zero attached hydrogens (tertiary/aromatic N) is 2. The number of hydrogen-bond acceptors (Lipinski definition) is 4. The molecule has 0 aliphatic carbocycles. The van der Waals surface area contributed by atoms with Gasteiger partial charge < -0.3 is 14.8 Å². The summed E-state index contributed by atoms with van der Waals surface area (Å²) in [4.78, 5) is 0. The summed E-state index contributed by atoms with van der Waals surface area (Å²) in [5.41, 5.74) is 3.23. The van der Waals surface area contributed by atoms with Crippen LogP contribution < -0.4 is 14.8 Å². The fraction of sp³-hybridized carbons (Fsp3) is 0.400. The van der Waals surface area contributed by atoms with Gasteiger partial charge in [-0.3, -0.25) is 4.68 Å². The molecule has 0 spiro atoms. The Labute approximate surface area is 119 Å². The molecule has 0 saturated carbocycles. The summed E-state index contributed by atoms with van der Waals surface area (Å²) in [5, 5.41) is 7.73. The van der Waals surface area contributed by atoms with Gasteiger partial charge >= 0.3 is 0 Å². The Morgan fingerprint density at radius 3 is 2.35 bits per heavy atom. The lowest BCUT2D eigenvalue weighted by atomic mass is 10.3. The molecule has 5 heteroatoms. The average Bonchev–Trinajstić information content (AvgIpc) is 2.70. The summed E-state index contributed by atoms with van der Waals surface area (Å²) in [6, 6.07) is 7.58. The summed E-state index contributed by atoms with van der Waals surface area (Å²) in [7, 11) is 3.60. The van der Waals surface area contributed by atoms with Crippen molar-refractivity contribution < 1.29 is 9.47 Å².